The Balaban J connectivity index is 2.06. The Kier molecular flexibility index (Phi) is 4.05. The Hall–Kier alpha value is -0.610. The number of hydrogen-bond donors (Lipinski definition) is 1. The normalized spacial score (nSPS) is 41.7. The van der Waals surface area contributed by atoms with E-state index in [-0.39, 0.29) is 23.9 Å². The molecule has 1 saturated heterocycles. The molecule has 0 aromatic carbocycles. The monoisotopic (exact) mass is 242 g/mol. The van der Waals surface area contributed by atoms with Gasteiger partial charge < -0.3 is 14.6 Å². The zero-order valence-electron chi connectivity index (χ0n) is 10.6. The van der Waals surface area contributed by atoms with Crippen molar-refractivity contribution in [3.8, 4) is 0 Å². The first kappa shape index (κ1) is 12.8. The van der Waals surface area contributed by atoms with Gasteiger partial charge in [-0.1, -0.05) is 13.3 Å². The van der Waals surface area contributed by atoms with Gasteiger partial charge in [-0.3, -0.25) is 4.79 Å². The molecular formula is C13H22O4. The lowest BCUT2D eigenvalue weighted by Crippen LogP contribution is -2.33. The van der Waals surface area contributed by atoms with Crippen LogP contribution in [0.1, 0.15) is 33.1 Å². The van der Waals surface area contributed by atoms with Crippen LogP contribution in [0.5, 0.6) is 0 Å². The van der Waals surface area contributed by atoms with E-state index in [0.29, 0.717) is 19.1 Å². The molecule has 0 unspecified atom stereocenters. The first-order valence-corrected chi connectivity index (χ1v) is 6.59. The molecule has 0 bridgehead atoms. The zero-order chi connectivity index (χ0) is 12.4. The molecule has 0 aromatic heterocycles. The molecule has 2 rings (SSSR count). The zero-order valence-corrected chi connectivity index (χ0v) is 10.6. The van der Waals surface area contributed by atoms with Crippen LogP contribution in [0, 0.1) is 17.8 Å². The molecule has 1 saturated carbocycles. The van der Waals surface area contributed by atoms with Gasteiger partial charge in [0.05, 0.1) is 31.3 Å². The van der Waals surface area contributed by atoms with Crippen LogP contribution in [0.4, 0.5) is 0 Å². The molecular weight excluding hydrogens is 220 g/mol. The molecule has 0 amide bonds. The Morgan fingerprint density at radius 2 is 2.24 bits per heavy atom. The standard InChI is InChI=1S/C13H22O4/c1-3-16-13(15)10-7-17-12-9(10)5-4-8(2)6-11(12)14/h8-12,14H,3-7H2,1-2H3/t8-,9-,10-,11-,12+/m0/s1. The van der Waals surface area contributed by atoms with Crippen LogP contribution in [0.3, 0.4) is 0 Å². The van der Waals surface area contributed by atoms with Gasteiger partial charge in [0.15, 0.2) is 0 Å². The van der Waals surface area contributed by atoms with Crippen molar-refractivity contribution < 1.29 is 19.4 Å². The summed E-state index contributed by atoms with van der Waals surface area (Å²) in [6.07, 6.45) is 2.17. The highest BCUT2D eigenvalue weighted by atomic mass is 16.5. The molecule has 5 atom stereocenters. The van der Waals surface area contributed by atoms with Gasteiger partial charge in [0, 0.05) is 5.92 Å². The van der Waals surface area contributed by atoms with Crippen LogP contribution in [0.25, 0.3) is 0 Å². The number of carbonyl (C=O) groups excluding carboxylic acids is 1. The molecule has 17 heavy (non-hydrogen) atoms. The van der Waals surface area contributed by atoms with E-state index in [1.165, 1.54) is 0 Å². The summed E-state index contributed by atoms with van der Waals surface area (Å²) in [6.45, 7) is 4.77. The second-order valence-corrected chi connectivity index (χ2v) is 5.31. The minimum atomic E-state index is -0.433. The molecule has 1 N–H and O–H groups in total. The van der Waals surface area contributed by atoms with E-state index >= 15 is 0 Å². The summed E-state index contributed by atoms with van der Waals surface area (Å²) in [5, 5.41) is 10.1. The fraction of sp³-hybridized carbons (Fsp3) is 0.923. The van der Waals surface area contributed by atoms with Crippen molar-refractivity contribution in [1.82, 2.24) is 0 Å². The Morgan fingerprint density at radius 3 is 2.94 bits per heavy atom. The summed E-state index contributed by atoms with van der Waals surface area (Å²) >= 11 is 0. The fourth-order valence-electron chi connectivity index (χ4n) is 3.09. The predicted octanol–water partition coefficient (Wildman–Crippen LogP) is 1.36. The van der Waals surface area contributed by atoms with E-state index < -0.39 is 6.10 Å². The van der Waals surface area contributed by atoms with Crippen LogP contribution in [0.2, 0.25) is 0 Å². The highest BCUT2D eigenvalue weighted by molar-refractivity contribution is 5.73. The smallest absolute Gasteiger partial charge is 0.311 e. The van der Waals surface area contributed by atoms with Gasteiger partial charge in [-0.2, -0.15) is 0 Å². The SMILES string of the molecule is CCOC(=O)[C@H]1CO[C@@H]2[C@H]1CC[C@H](C)C[C@@H]2O. The van der Waals surface area contributed by atoms with Crippen LogP contribution >= 0.6 is 0 Å². The molecule has 0 spiro atoms. The van der Waals surface area contributed by atoms with Gasteiger partial charge in [0.25, 0.3) is 0 Å². The molecule has 0 aromatic rings. The number of carbonyl (C=O) groups is 1. The summed E-state index contributed by atoms with van der Waals surface area (Å²) in [5.74, 6) is 0.290. The summed E-state index contributed by atoms with van der Waals surface area (Å²) in [6, 6.07) is 0. The highest BCUT2D eigenvalue weighted by Crippen LogP contribution is 2.39. The number of rotatable bonds is 2. The van der Waals surface area contributed by atoms with Crippen LogP contribution in [-0.2, 0) is 14.3 Å². The molecule has 4 heteroatoms. The van der Waals surface area contributed by atoms with Gasteiger partial charge in [-0.15, -0.1) is 0 Å². The van der Waals surface area contributed by atoms with E-state index in [9.17, 15) is 9.90 Å². The fourth-order valence-corrected chi connectivity index (χ4v) is 3.09. The van der Waals surface area contributed by atoms with Crippen LogP contribution in [-0.4, -0.2) is 36.5 Å². The maximum atomic E-state index is 11.8. The van der Waals surface area contributed by atoms with E-state index in [1.54, 1.807) is 0 Å². The van der Waals surface area contributed by atoms with E-state index in [1.807, 2.05) is 6.92 Å². The van der Waals surface area contributed by atoms with Crippen LogP contribution in [0.15, 0.2) is 0 Å². The lowest BCUT2D eigenvalue weighted by molar-refractivity contribution is -0.149. The molecule has 0 radical (unpaired) electrons. The van der Waals surface area contributed by atoms with E-state index in [2.05, 4.69) is 6.92 Å². The third-order valence-corrected chi connectivity index (χ3v) is 4.01. The maximum absolute atomic E-state index is 11.8. The lowest BCUT2D eigenvalue weighted by atomic mass is 9.86. The van der Waals surface area contributed by atoms with Gasteiger partial charge in [0.1, 0.15) is 0 Å². The third kappa shape index (κ3) is 2.63. The van der Waals surface area contributed by atoms with Gasteiger partial charge in [-0.25, -0.2) is 0 Å². The quantitative estimate of drug-likeness (QED) is 0.743. The Morgan fingerprint density at radius 1 is 1.47 bits per heavy atom. The van der Waals surface area contributed by atoms with Crippen molar-refractivity contribution in [2.45, 2.75) is 45.3 Å². The lowest BCUT2D eigenvalue weighted by Gasteiger charge is -2.22. The van der Waals surface area contributed by atoms with E-state index in [0.717, 1.165) is 19.3 Å². The molecule has 4 nitrogen and oxygen atoms in total. The topological polar surface area (TPSA) is 55.8 Å². The first-order valence-electron chi connectivity index (χ1n) is 6.59. The number of aliphatic hydroxyl groups excluding tert-OH is 1. The number of fused-ring (bicyclic) bond motifs is 1. The Labute approximate surface area is 102 Å². The molecule has 98 valence electrons. The van der Waals surface area contributed by atoms with Crippen molar-refractivity contribution in [3.63, 3.8) is 0 Å². The van der Waals surface area contributed by atoms with Crippen molar-refractivity contribution >= 4 is 5.97 Å². The Bertz CT molecular complexity index is 279. The number of ether oxygens (including phenoxy) is 2. The van der Waals surface area contributed by atoms with Crippen molar-refractivity contribution in [2.75, 3.05) is 13.2 Å². The first-order chi connectivity index (χ1) is 8.13. The largest absolute Gasteiger partial charge is 0.466 e. The molecule has 1 aliphatic heterocycles. The highest BCUT2D eigenvalue weighted by Gasteiger charge is 2.46. The summed E-state index contributed by atoms with van der Waals surface area (Å²) in [4.78, 5) is 11.8. The minimum Gasteiger partial charge on any atom is -0.466 e. The summed E-state index contributed by atoms with van der Waals surface area (Å²) in [5.41, 5.74) is 0. The molecule has 1 aliphatic carbocycles. The van der Waals surface area contributed by atoms with E-state index in [4.69, 9.17) is 9.47 Å². The number of hydrogen-bond acceptors (Lipinski definition) is 4. The minimum absolute atomic E-state index is 0.133. The van der Waals surface area contributed by atoms with Crippen molar-refractivity contribution in [1.29, 1.82) is 0 Å². The second kappa shape index (κ2) is 5.36. The maximum Gasteiger partial charge on any atom is 0.311 e. The second-order valence-electron chi connectivity index (χ2n) is 5.31. The van der Waals surface area contributed by atoms with Crippen molar-refractivity contribution in [2.24, 2.45) is 17.8 Å². The molecule has 2 aliphatic rings. The average molecular weight is 242 g/mol. The van der Waals surface area contributed by atoms with Crippen LogP contribution < -0.4 is 0 Å². The number of aliphatic hydroxyl groups is 1. The predicted molar refractivity (Wildman–Crippen MR) is 62.4 cm³/mol. The molecule has 2 fully saturated rings. The number of esters is 1. The van der Waals surface area contributed by atoms with Gasteiger partial charge >= 0.3 is 5.97 Å². The van der Waals surface area contributed by atoms with Crippen molar-refractivity contribution in [3.05, 3.63) is 0 Å². The van der Waals surface area contributed by atoms with Gasteiger partial charge in [0.2, 0.25) is 0 Å². The average Bonchev–Trinajstić information content (AvgIpc) is 2.64. The molecule has 1 heterocycles. The summed E-state index contributed by atoms with van der Waals surface area (Å²) < 4.78 is 10.7. The van der Waals surface area contributed by atoms with Gasteiger partial charge in [-0.05, 0) is 25.7 Å². The summed E-state index contributed by atoms with van der Waals surface area (Å²) in [7, 11) is 0. The third-order valence-electron chi connectivity index (χ3n) is 4.01.